The molecule has 0 radical (unpaired) electrons. The van der Waals surface area contributed by atoms with Gasteiger partial charge in [-0.15, -0.1) is 0 Å². The predicted molar refractivity (Wildman–Crippen MR) is 474 cm³/mol. The first-order valence-electron chi connectivity index (χ1n) is 40.1. The van der Waals surface area contributed by atoms with Crippen molar-refractivity contribution < 1.29 is 48.8 Å². The number of nitrogens with one attached hydrogen (secondary N) is 7. The highest BCUT2D eigenvalue weighted by molar-refractivity contribution is 5.89. The third-order valence-electron chi connectivity index (χ3n) is 21.1. The fourth-order valence-corrected chi connectivity index (χ4v) is 12.8. The molecule has 30 heteroatoms. The SMILES string of the molecule is C.CCCC[C@](C)(Nc1nc(N)nc2cccnc12)C(C)O.CCCC[C@](C)(Nc1nc(NCc2ccc(OC)cc2OC)nc2cccnc12)C(C)O.CCCC[C@](C)(Nc1nc(NCc2ccc(OC)cc2OC)nc2cccnc12)[C@@H](C)O.CCCC[C@](C)(Nc1nc(NCc2ccc(OC)cc2OC)nc2cccnc12)[C@H](C)O. The molecule has 0 amide bonds. The summed E-state index contributed by atoms with van der Waals surface area (Å²) in [5.41, 5.74) is 12.1. The van der Waals surface area contributed by atoms with Crippen LogP contribution in [0.3, 0.4) is 0 Å². The lowest BCUT2D eigenvalue weighted by Gasteiger charge is -2.34. The molecule has 0 aliphatic rings. The number of aliphatic hydroxyl groups excluding tert-OH is 4. The van der Waals surface area contributed by atoms with Crippen LogP contribution in [0.5, 0.6) is 34.5 Å². The Morgan fingerprint density at radius 3 is 0.822 bits per heavy atom. The van der Waals surface area contributed by atoms with Crippen molar-refractivity contribution in [2.75, 3.05) is 85.6 Å². The zero-order valence-electron chi connectivity index (χ0n) is 71.2. The topological polar surface area (TPSA) is 401 Å². The van der Waals surface area contributed by atoms with Crippen LogP contribution in [0.2, 0.25) is 0 Å². The van der Waals surface area contributed by atoms with Crippen molar-refractivity contribution in [1.82, 2.24) is 59.8 Å². The number of fused-ring (bicyclic) bond motifs is 4. The second kappa shape index (κ2) is 44.8. The van der Waals surface area contributed by atoms with Gasteiger partial charge in [-0.05, 0) is 166 Å². The number of rotatable bonds is 39. The lowest BCUT2D eigenvalue weighted by atomic mass is 9.89. The number of nitrogens with zero attached hydrogens (tertiary/aromatic N) is 12. The number of hydrogen-bond donors (Lipinski definition) is 12. The lowest BCUT2D eigenvalue weighted by Crippen LogP contribution is -2.45. The third-order valence-corrected chi connectivity index (χ3v) is 21.1. The number of nitrogens with two attached hydrogens (primary N) is 1. The highest BCUT2D eigenvalue weighted by Crippen LogP contribution is 2.36. The molecule has 0 saturated heterocycles. The van der Waals surface area contributed by atoms with Gasteiger partial charge in [-0.1, -0.05) is 86.5 Å². The monoisotopic (exact) mass is 1620 g/mol. The van der Waals surface area contributed by atoms with E-state index in [0.717, 1.165) is 145 Å². The Morgan fingerprint density at radius 1 is 0.347 bits per heavy atom. The van der Waals surface area contributed by atoms with Crippen molar-refractivity contribution in [3.63, 3.8) is 0 Å². The van der Waals surface area contributed by atoms with E-state index >= 15 is 0 Å². The number of ether oxygens (including phenoxy) is 6. The molecule has 11 rings (SSSR count). The number of benzene rings is 3. The summed E-state index contributed by atoms with van der Waals surface area (Å²) in [6.45, 7) is 25.2. The van der Waals surface area contributed by atoms with Crippen LogP contribution in [-0.2, 0) is 19.6 Å². The predicted octanol–water partition coefficient (Wildman–Crippen LogP) is 16.2. The van der Waals surface area contributed by atoms with Gasteiger partial charge in [0.25, 0.3) is 0 Å². The van der Waals surface area contributed by atoms with Gasteiger partial charge in [0.15, 0.2) is 23.3 Å². The van der Waals surface area contributed by atoms with E-state index < -0.39 is 46.6 Å². The molecule has 118 heavy (non-hydrogen) atoms. The quantitative estimate of drug-likeness (QED) is 0.0170. The van der Waals surface area contributed by atoms with Gasteiger partial charge in [0.2, 0.25) is 23.8 Å². The number of hydrogen-bond acceptors (Lipinski definition) is 30. The molecule has 13 N–H and O–H groups in total. The number of aliphatic hydroxyl groups is 4. The summed E-state index contributed by atoms with van der Waals surface area (Å²) in [7, 11) is 9.77. The summed E-state index contributed by atoms with van der Waals surface area (Å²) in [6, 6.07) is 31.9. The average Bonchev–Trinajstić information content (AvgIpc) is 0.803. The second-order valence-corrected chi connectivity index (χ2v) is 30.0. The summed E-state index contributed by atoms with van der Waals surface area (Å²) in [5, 5.41) is 65.2. The Hall–Kier alpha value is -11.3. The van der Waals surface area contributed by atoms with Crippen molar-refractivity contribution in [2.24, 2.45) is 0 Å². The van der Waals surface area contributed by atoms with Crippen LogP contribution >= 0.6 is 0 Å². The first-order chi connectivity index (χ1) is 56.1. The van der Waals surface area contributed by atoms with Crippen LogP contribution in [0.25, 0.3) is 44.1 Å². The van der Waals surface area contributed by atoms with Crippen molar-refractivity contribution in [1.29, 1.82) is 0 Å². The van der Waals surface area contributed by atoms with E-state index in [1.54, 1.807) is 95.1 Å². The fourth-order valence-electron chi connectivity index (χ4n) is 12.8. The minimum Gasteiger partial charge on any atom is -0.497 e. The lowest BCUT2D eigenvalue weighted by molar-refractivity contribution is 0.116. The second-order valence-electron chi connectivity index (χ2n) is 30.0. The number of unbranched alkanes of at least 4 members (excludes halogenated alkanes) is 4. The maximum absolute atomic E-state index is 10.5. The van der Waals surface area contributed by atoms with Crippen LogP contribution in [-0.4, -0.2) is 169 Å². The number of pyridine rings is 4. The van der Waals surface area contributed by atoms with E-state index in [1.165, 1.54) is 0 Å². The number of anilines is 8. The fraction of sp³-hybridized carbons (Fsp3) is 0.477. The maximum Gasteiger partial charge on any atom is 0.225 e. The standard InChI is InChI=1S/3C24H33N5O3.C15H23N5O.CH4/c3*1-6-7-12-24(3,16(2)30)29-22-21-19(9-8-13-25-21)27-23(28-22)26-15-17-10-11-18(31-4)14-20(17)32-5;1-4-5-8-15(3,10(2)21)20-13-12-11(7-6-9-17-12)18-14(16)19-13;/h3*8-11,13-14,16,30H,6-7,12,15H2,1-5H3,(H2,26,27,28,29);6-7,9-10,21H,4-5,8H2,1-3H3,(H3,16,18,19,20);1H4/t16?,24-;16-,24+;16-,24-;10?,15-;/m0100./s1. The van der Waals surface area contributed by atoms with E-state index in [1.807, 2.05) is 131 Å². The summed E-state index contributed by atoms with van der Waals surface area (Å²) in [6.07, 6.45) is 16.1. The van der Waals surface area contributed by atoms with E-state index in [9.17, 15) is 20.4 Å². The van der Waals surface area contributed by atoms with Gasteiger partial charge in [-0.25, -0.2) is 19.9 Å². The Morgan fingerprint density at radius 2 is 0.593 bits per heavy atom. The van der Waals surface area contributed by atoms with E-state index in [4.69, 9.17) is 49.1 Å². The van der Waals surface area contributed by atoms with Crippen molar-refractivity contribution >= 4 is 91.2 Å². The van der Waals surface area contributed by atoms with Gasteiger partial charge < -0.3 is 91.8 Å². The molecule has 0 fully saturated rings. The van der Waals surface area contributed by atoms with E-state index in [0.29, 0.717) is 88.3 Å². The molecule has 0 spiro atoms. The molecule has 0 aliphatic heterocycles. The molecule has 3 aromatic carbocycles. The first-order valence-corrected chi connectivity index (χ1v) is 40.1. The highest BCUT2D eigenvalue weighted by Gasteiger charge is 2.35. The van der Waals surface area contributed by atoms with Gasteiger partial charge in [-0.3, -0.25) is 19.9 Å². The van der Waals surface area contributed by atoms with Crippen LogP contribution < -0.4 is 71.4 Å². The van der Waals surface area contributed by atoms with Crippen LogP contribution in [0.1, 0.15) is 184 Å². The van der Waals surface area contributed by atoms with Crippen LogP contribution in [0.15, 0.2) is 128 Å². The summed E-state index contributed by atoms with van der Waals surface area (Å²) in [5.74, 6) is 8.31. The summed E-state index contributed by atoms with van der Waals surface area (Å²) < 4.78 is 32.3. The smallest absolute Gasteiger partial charge is 0.225 e. The van der Waals surface area contributed by atoms with Crippen molar-refractivity contribution in [3.8, 4) is 34.5 Å². The first kappa shape index (κ1) is 93.8. The molecule has 8 aromatic heterocycles. The molecule has 2 unspecified atom stereocenters. The third kappa shape index (κ3) is 25.3. The van der Waals surface area contributed by atoms with Crippen LogP contribution in [0.4, 0.5) is 47.1 Å². The summed E-state index contributed by atoms with van der Waals surface area (Å²) in [4.78, 5) is 54.2. The zero-order valence-corrected chi connectivity index (χ0v) is 71.2. The maximum atomic E-state index is 10.5. The van der Waals surface area contributed by atoms with E-state index in [-0.39, 0.29) is 13.4 Å². The Bertz CT molecular complexity index is 4560. The van der Waals surface area contributed by atoms with Crippen molar-refractivity contribution in [2.45, 2.75) is 234 Å². The van der Waals surface area contributed by atoms with Gasteiger partial charge in [0.1, 0.15) is 56.6 Å². The minimum absolute atomic E-state index is 0. The van der Waals surface area contributed by atoms with E-state index in [2.05, 4.69) is 110 Å². The Balaban J connectivity index is 0.000000219. The zero-order chi connectivity index (χ0) is 84.9. The molecule has 0 bridgehead atoms. The molecule has 638 valence electrons. The van der Waals surface area contributed by atoms with Gasteiger partial charge >= 0.3 is 0 Å². The largest absolute Gasteiger partial charge is 0.497 e. The highest BCUT2D eigenvalue weighted by atomic mass is 16.5. The molecular weight excluding hydrogens is 1500 g/mol. The number of nitrogen functional groups attached to an aromatic ring is 1. The van der Waals surface area contributed by atoms with Gasteiger partial charge in [-0.2, -0.15) is 19.9 Å². The van der Waals surface area contributed by atoms with Gasteiger partial charge in [0.05, 0.1) is 111 Å². The van der Waals surface area contributed by atoms with Crippen molar-refractivity contribution in [3.05, 3.63) is 145 Å². The molecule has 30 nitrogen and oxygen atoms in total. The van der Waals surface area contributed by atoms with Gasteiger partial charge in [0, 0.05) is 79.3 Å². The number of methoxy groups -OCH3 is 6. The molecule has 8 atom stereocenters. The molecular formula is C88H126N20O10. The average molecular weight is 1620 g/mol. The molecule has 0 aliphatic carbocycles. The minimum atomic E-state index is -0.567. The molecule has 8 heterocycles. The molecule has 11 aromatic rings. The Kier molecular flexibility index (Phi) is 35.6. The normalized spacial score (nSPS) is 14.1. The Labute approximate surface area is 695 Å². The summed E-state index contributed by atoms with van der Waals surface area (Å²) >= 11 is 0. The number of aromatic nitrogens is 12. The van der Waals surface area contributed by atoms with Crippen LogP contribution in [0, 0.1) is 0 Å². The molecule has 0 saturated carbocycles.